The molecule has 1 heterocycles. The number of nitrogens with zero attached hydrogens (tertiary/aromatic N) is 2. The molecule has 0 radical (unpaired) electrons. The summed E-state index contributed by atoms with van der Waals surface area (Å²) in [5, 5.41) is 3.45. The summed E-state index contributed by atoms with van der Waals surface area (Å²) in [5.41, 5.74) is 0.724. The van der Waals surface area contributed by atoms with Gasteiger partial charge in [0.2, 0.25) is 0 Å². The molecule has 0 amide bonds. The van der Waals surface area contributed by atoms with Crippen molar-refractivity contribution in [1.82, 2.24) is 9.78 Å². The number of benzene rings is 1. The van der Waals surface area contributed by atoms with Gasteiger partial charge in [0.05, 0.1) is 18.8 Å². The van der Waals surface area contributed by atoms with E-state index >= 15 is 0 Å². The van der Waals surface area contributed by atoms with Gasteiger partial charge in [-0.05, 0) is 17.7 Å². The zero-order valence-corrected chi connectivity index (χ0v) is 11.6. The normalized spacial score (nSPS) is 10.5. The zero-order valence-electron chi connectivity index (χ0n) is 10.9. The number of halogens is 1. The van der Waals surface area contributed by atoms with Gasteiger partial charge in [-0.3, -0.25) is 9.59 Å². The average molecular weight is 293 g/mol. The fraction of sp³-hybridized carbons (Fsp3) is 0.214. The van der Waals surface area contributed by atoms with Crippen molar-refractivity contribution in [2.45, 2.75) is 6.54 Å². The molecule has 5 nitrogen and oxygen atoms in total. The number of carbonyl (C=O) groups excluding carboxylic acids is 1. The van der Waals surface area contributed by atoms with Gasteiger partial charge in [0.15, 0.2) is 0 Å². The number of hydrogen-bond acceptors (Lipinski definition) is 4. The largest absolute Gasteiger partial charge is 0.383 e. The van der Waals surface area contributed by atoms with Crippen molar-refractivity contribution in [2.24, 2.45) is 0 Å². The predicted octanol–water partition coefficient (Wildman–Crippen LogP) is 1.94. The Morgan fingerprint density at radius 3 is 2.65 bits per heavy atom. The first-order valence-corrected chi connectivity index (χ1v) is 6.37. The van der Waals surface area contributed by atoms with E-state index in [0.29, 0.717) is 12.3 Å². The van der Waals surface area contributed by atoms with Crippen LogP contribution in [0.25, 0.3) is 11.3 Å². The third-order valence-corrected chi connectivity index (χ3v) is 2.97. The van der Waals surface area contributed by atoms with Crippen LogP contribution in [0, 0.1) is 0 Å². The van der Waals surface area contributed by atoms with Crippen molar-refractivity contribution >= 4 is 16.8 Å². The molecule has 104 valence electrons. The highest BCUT2D eigenvalue weighted by Crippen LogP contribution is 2.16. The maximum absolute atomic E-state index is 12.0. The van der Waals surface area contributed by atoms with Gasteiger partial charge >= 0.3 is 0 Å². The first-order valence-electron chi connectivity index (χ1n) is 6.00. The van der Waals surface area contributed by atoms with E-state index in [1.54, 1.807) is 0 Å². The molecule has 0 unspecified atom stereocenters. The highest BCUT2D eigenvalue weighted by molar-refractivity contribution is 6.67. The predicted molar refractivity (Wildman–Crippen MR) is 76.0 cm³/mol. The fourth-order valence-corrected chi connectivity index (χ4v) is 1.90. The van der Waals surface area contributed by atoms with Crippen molar-refractivity contribution < 1.29 is 9.53 Å². The molecule has 1 aromatic carbocycles. The van der Waals surface area contributed by atoms with E-state index < -0.39 is 10.8 Å². The van der Waals surface area contributed by atoms with Crippen LogP contribution in [0.1, 0.15) is 10.4 Å². The molecule has 0 saturated heterocycles. The summed E-state index contributed by atoms with van der Waals surface area (Å²) < 4.78 is 6.12. The van der Waals surface area contributed by atoms with Crippen LogP contribution < -0.4 is 5.56 Å². The van der Waals surface area contributed by atoms with E-state index in [-0.39, 0.29) is 12.1 Å². The molecular weight excluding hydrogens is 280 g/mol. The minimum absolute atomic E-state index is 0.0865. The Labute approximate surface area is 120 Å². The minimum atomic E-state index is -0.791. The first kappa shape index (κ1) is 14.4. The third kappa shape index (κ3) is 3.12. The van der Waals surface area contributed by atoms with Gasteiger partial charge in [-0.25, -0.2) is 4.68 Å². The van der Waals surface area contributed by atoms with Gasteiger partial charge in [-0.1, -0.05) is 30.3 Å². The van der Waals surface area contributed by atoms with Crippen LogP contribution in [0.2, 0.25) is 0 Å². The highest BCUT2D eigenvalue weighted by Gasteiger charge is 2.14. The fourth-order valence-electron chi connectivity index (χ4n) is 1.76. The second kappa shape index (κ2) is 6.45. The molecule has 0 aliphatic carbocycles. The Morgan fingerprint density at radius 2 is 2.05 bits per heavy atom. The second-order valence-corrected chi connectivity index (χ2v) is 4.45. The van der Waals surface area contributed by atoms with Crippen LogP contribution in [0.5, 0.6) is 0 Å². The van der Waals surface area contributed by atoms with E-state index in [1.807, 2.05) is 30.3 Å². The molecule has 6 heteroatoms. The van der Waals surface area contributed by atoms with Crippen molar-refractivity contribution in [1.29, 1.82) is 0 Å². The Bertz CT molecular complexity index is 668. The van der Waals surface area contributed by atoms with Crippen LogP contribution >= 0.6 is 11.6 Å². The molecule has 0 bridgehead atoms. The topological polar surface area (TPSA) is 61.2 Å². The monoisotopic (exact) mass is 292 g/mol. The van der Waals surface area contributed by atoms with Crippen molar-refractivity contribution in [3.63, 3.8) is 0 Å². The maximum Gasteiger partial charge on any atom is 0.279 e. The summed E-state index contributed by atoms with van der Waals surface area (Å²) in [5.74, 6) is 0. The summed E-state index contributed by atoms with van der Waals surface area (Å²) in [4.78, 5) is 23.4. The van der Waals surface area contributed by atoms with Crippen molar-refractivity contribution in [2.75, 3.05) is 13.7 Å². The molecule has 2 aromatic rings. The smallest absolute Gasteiger partial charge is 0.279 e. The number of hydrogen-bond donors (Lipinski definition) is 0. The lowest BCUT2D eigenvalue weighted by Gasteiger charge is -2.08. The van der Waals surface area contributed by atoms with Gasteiger partial charge in [-0.15, -0.1) is 0 Å². The highest BCUT2D eigenvalue weighted by atomic mass is 35.5. The molecule has 0 spiro atoms. The van der Waals surface area contributed by atoms with Crippen LogP contribution in [0.15, 0.2) is 41.2 Å². The molecule has 0 aliphatic rings. The lowest BCUT2D eigenvalue weighted by atomic mass is 10.1. The molecule has 0 saturated carbocycles. The molecule has 1 aromatic heterocycles. The van der Waals surface area contributed by atoms with E-state index in [2.05, 4.69) is 5.10 Å². The molecule has 0 N–H and O–H groups in total. The van der Waals surface area contributed by atoms with Crippen molar-refractivity contribution in [3.05, 3.63) is 52.3 Å². The Kier molecular flexibility index (Phi) is 4.65. The Morgan fingerprint density at radius 1 is 1.35 bits per heavy atom. The summed E-state index contributed by atoms with van der Waals surface area (Å²) in [7, 11) is 1.53. The van der Waals surface area contributed by atoms with Gasteiger partial charge in [0.1, 0.15) is 5.56 Å². The maximum atomic E-state index is 12.0. The number of ether oxygens (including phenoxy) is 1. The van der Waals surface area contributed by atoms with Crippen LogP contribution in [0.3, 0.4) is 0 Å². The van der Waals surface area contributed by atoms with Gasteiger partial charge < -0.3 is 4.74 Å². The molecular formula is C14H13ClN2O3. The summed E-state index contributed by atoms with van der Waals surface area (Å²) in [6.07, 6.45) is 0. The van der Waals surface area contributed by atoms with E-state index in [9.17, 15) is 9.59 Å². The zero-order chi connectivity index (χ0) is 14.5. The molecule has 0 aliphatic heterocycles. The average Bonchev–Trinajstić information content (AvgIpc) is 2.46. The summed E-state index contributed by atoms with van der Waals surface area (Å²) >= 11 is 5.46. The van der Waals surface area contributed by atoms with Crippen LogP contribution in [-0.2, 0) is 11.3 Å². The first-order chi connectivity index (χ1) is 9.63. The van der Waals surface area contributed by atoms with E-state index in [0.717, 1.165) is 5.56 Å². The van der Waals surface area contributed by atoms with E-state index in [4.69, 9.17) is 16.3 Å². The van der Waals surface area contributed by atoms with Gasteiger partial charge in [-0.2, -0.15) is 5.10 Å². The lowest BCUT2D eigenvalue weighted by Crippen LogP contribution is -2.29. The third-order valence-electron chi connectivity index (χ3n) is 2.76. The molecule has 2 rings (SSSR count). The van der Waals surface area contributed by atoms with Crippen LogP contribution in [0.4, 0.5) is 0 Å². The van der Waals surface area contributed by atoms with E-state index in [1.165, 1.54) is 17.9 Å². The van der Waals surface area contributed by atoms with Gasteiger partial charge in [0.25, 0.3) is 10.8 Å². The molecule has 0 atom stereocenters. The number of methoxy groups -OCH3 is 1. The standard InChI is InChI=1S/C14H13ClN2O3/c1-20-8-7-17-14(19)11(13(15)18)9-12(16-17)10-5-3-2-4-6-10/h2-6,9H,7-8H2,1H3. The quantitative estimate of drug-likeness (QED) is 0.790. The summed E-state index contributed by atoms with van der Waals surface area (Å²) in [6.45, 7) is 0.578. The number of rotatable bonds is 5. The van der Waals surface area contributed by atoms with Crippen molar-refractivity contribution in [3.8, 4) is 11.3 Å². The SMILES string of the molecule is COCCn1nc(-c2ccccc2)cc(C(=O)Cl)c1=O. The minimum Gasteiger partial charge on any atom is -0.383 e. The summed E-state index contributed by atoms with van der Waals surface area (Å²) in [6, 6.07) is 10.7. The second-order valence-electron chi connectivity index (χ2n) is 4.10. The molecule has 0 fully saturated rings. The Balaban J connectivity index is 2.56. The Hall–Kier alpha value is -1.98. The van der Waals surface area contributed by atoms with Crippen LogP contribution in [-0.4, -0.2) is 28.7 Å². The van der Waals surface area contributed by atoms with Gasteiger partial charge in [0, 0.05) is 12.7 Å². The molecule has 20 heavy (non-hydrogen) atoms. The number of carbonyl (C=O) groups is 1. The number of aromatic nitrogens is 2. The lowest BCUT2D eigenvalue weighted by molar-refractivity contribution is 0.107.